The van der Waals surface area contributed by atoms with E-state index < -0.39 is 0 Å². The van der Waals surface area contributed by atoms with Crippen LogP contribution in [0.1, 0.15) is 18.5 Å². The number of nitrogens with one attached hydrogen (secondary N) is 1. The Kier molecular flexibility index (Phi) is 5.35. The lowest BCUT2D eigenvalue weighted by Crippen LogP contribution is -2.23. The second-order valence-corrected chi connectivity index (χ2v) is 4.74. The lowest BCUT2D eigenvalue weighted by Gasteiger charge is -2.17. The predicted octanol–water partition coefficient (Wildman–Crippen LogP) is 2.20. The van der Waals surface area contributed by atoms with Crippen LogP contribution in [-0.2, 0) is 4.74 Å². The van der Waals surface area contributed by atoms with Crippen molar-refractivity contribution in [2.45, 2.75) is 13.0 Å². The molecule has 0 saturated carbocycles. The molecular formula is C16H21NO3. The first-order valence-corrected chi connectivity index (χ1v) is 6.86. The van der Waals surface area contributed by atoms with E-state index in [1.165, 1.54) is 0 Å². The van der Waals surface area contributed by atoms with Gasteiger partial charge in [-0.25, -0.2) is 0 Å². The summed E-state index contributed by atoms with van der Waals surface area (Å²) in [7, 11) is 0. The third-order valence-corrected chi connectivity index (χ3v) is 3.33. The summed E-state index contributed by atoms with van der Waals surface area (Å²) in [6.45, 7) is 3.63. The third-order valence-electron chi connectivity index (χ3n) is 3.33. The Morgan fingerprint density at radius 1 is 1.15 bits per heavy atom. The molecule has 0 bridgehead atoms. The lowest BCUT2D eigenvalue weighted by atomic mass is 10.0. The van der Waals surface area contributed by atoms with Gasteiger partial charge in [-0.3, -0.25) is 0 Å². The minimum Gasteiger partial charge on any atom is -0.507 e. The van der Waals surface area contributed by atoms with Gasteiger partial charge in [-0.1, -0.05) is 36.4 Å². The molecule has 0 aromatic heterocycles. The molecule has 4 heteroatoms. The monoisotopic (exact) mass is 275 g/mol. The van der Waals surface area contributed by atoms with Crippen molar-refractivity contribution < 1.29 is 14.9 Å². The molecule has 108 valence electrons. The first kappa shape index (κ1) is 14.8. The summed E-state index contributed by atoms with van der Waals surface area (Å²) >= 11 is 0. The first-order valence-electron chi connectivity index (χ1n) is 6.86. The van der Waals surface area contributed by atoms with Crippen LogP contribution in [0.15, 0.2) is 36.4 Å². The van der Waals surface area contributed by atoms with Crippen LogP contribution in [0.4, 0.5) is 0 Å². The topological polar surface area (TPSA) is 61.7 Å². The summed E-state index contributed by atoms with van der Waals surface area (Å²) in [5, 5.41) is 24.2. The number of ether oxygens (including phenoxy) is 1. The number of fused-ring (bicyclic) bond motifs is 1. The minimum absolute atomic E-state index is 0.0392. The molecule has 4 nitrogen and oxygen atoms in total. The van der Waals surface area contributed by atoms with E-state index in [4.69, 9.17) is 9.84 Å². The van der Waals surface area contributed by atoms with Crippen molar-refractivity contribution in [3.8, 4) is 5.75 Å². The Labute approximate surface area is 119 Å². The highest BCUT2D eigenvalue weighted by Gasteiger charge is 2.12. The van der Waals surface area contributed by atoms with E-state index >= 15 is 0 Å². The summed E-state index contributed by atoms with van der Waals surface area (Å²) in [5.74, 6) is 0.333. The van der Waals surface area contributed by atoms with Crippen LogP contribution >= 0.6 is 0 Å². The van der Waals surface area contributed by atoms with Gasteiger partial charge in [0.15, 0.2) is 0 Å². The van der Waals surface area contributed by atoms with Crippen LogP contribution in [0, 0.1) is 0 Å². The molecule has 0 fully saturated rings. The quantitative estimate of drug-likeness (QED) is 0.678. The highest BCUT2D eigenvalue weighted by atomic mass is 16.5. The number of benzene rings is 2. The fraction of sp³-hybridized carbons (Fsp3) is 0.375. The standard InChI is InChI=1S/C16H21NO3/c1-12(17-8-10-20-11-9-18)14-7-6-13-4-2-3-5-15(13)16(14)19/h2-7,12,17-19H,8-11H2,1H3. The maximum atomic E-state index is 10.4. The smallest absolute Gasteiger partial charge is 0.128 e. The minimum atomic E-state index is 0.0392. The normalized spacial score (nSPS) is 12.7. The molecule has 0 heterocycles. The number of phenols is 1. The number of hydrogen-bond donors (Lipinski definition) is 3. The van der Waals surface area contributed by atoms with Gasteiger partial charge in [-0.2, -0.15) is 0 Å². The third kappa shape index (κ3) is 3.48. The van der Waals surface area contributed by atoms with Crippen LogP contribution < -0.4 is 5.32 Å². The van der Waals surface area contributed by atoms with Crippen molar-refractivity contribution in [1.82, 2.24) is 5.32 Å². The van der Waals surface area contributed by atoms with E-state index in [-0.39, 0.29) is 12.6 Å². The van der Waals surface area contributed by atoms with E-state index in [2.05, 4.69) is 5.32 Å². The zero-order chi connectivity index (χ0) is 14.4. The van der Waals surface area contributed by atoms with Gasteiger partial charge < -0.3 is 20.3 Å². The molecule has 0 radical (unpaired) electrons. The second kappa shape index (κ2) is 7.24. The zero-order valence-corrected chi connectivity index (χ0v) is 11.7. The molecule has 3 N–H and O–H groups in total. The molecule has 2 aromatic carbocycles. The van der Waals surface area contributed by atoms with Gasteiger partial charge in [-0.15, -0.1) is 0 Å². The SMILES string of the molecule is CC(NCCOCCO)c1ccc2ccccc2c1O. The largest absolute Gasteiger partial charge is 0.507 e. The maximum absolute atomic E-state index is 10.4. The Morgan fingerprint density at radius 3 is 2.75 bits per heavy atom. The summed E-state index contributed by atoms with van der Waals surface area (Å²) in [4.78, 5) is 0. The van der Waals surface area contributed by atoms with Crippen molar-refractivity contribution in [3.05, 3.63) is 42.0 Å². The molecule has 0 saturated heterocycles. The summed E-state index contributed by atoms with van der Waals surface area (Å²) in [6.07, 6.45) is 0. The molecule has 0 aliphatic carbocycles. The maximum Gasteiger partial charge on any atom is 0.128 e. The molecular weight excluding hydrogens is 254 g/mol. The van der Waals surface area contributed by atoms with Gasteiger partial charge in [0, 0.05) is 23.5 Å². The Balaban J connectivity index is 2.03. The Morgan fingerprint density at radius 2 is 1.95 bits per heavy atom. The van der Waals surface area contributed by atoms with Crippen molar-refractivity contribution >= 4 is 10.8 Å². The molecule has 0 spiro atoms. The number of phenolic OH excluding ortho intramolecular Hbond substituents is 1. The van der Waals surface area contributed by atoms with Crippen LogP contribution in [0.3, 0.4) is 0 Å². The molecule has 1 atom stereocenters. The molecule has 2 rings (SSSR count). The van der Waals surface area contributed by atoms with Crippen molar-refractivity contribution in [3.63, 3.8) is 0 Å². The van der Waals surface area contributed by atoms with Crippen LogP contribution in [-0.4, -0.2) is 36.6 Å². The molecule has 20 heavy (non-hydrogen) atoms. The second-order valence-electron chi connectivity index (χ2n) is 4.74. The van der Waals surface area contributed by atoms with E-state index in [9.17, 15) is 5.11 Å². The van der Waals surface area contributed by atoms with E-state index in [0.29, 0.717) is 25.5 Å². The van der Waals surface area contributed by atoms with Gasteiger partial charge in [0.1, 0.15) is 5.75 Å². The van der Waals surface area contributed by atoms with Gasteiger partial charge in [0.05, 0.1) is 19.8 Å². The van der Waals surface area contributed by atoms with Gasteiger partial charge in [0.2, 0.25) is 0 Å². The van der Waals surface area contributed by atoms with Crippen molar-refractivity contribution in [2.24, 2.45) is 0 Å². The fourth-order valence-corrected chi connectivity index (χ4v) is 2.25. The molecule has 0 amide bonds. The fourth-order valence-electron chi connectivity index (χ4n) is 2.25. The number of hydrogen-bond acceptors (Lipinski definition) is 4. The summed E-state index contributed by atoms with van der Waals surface area (Å²) < 4.78 is 5.19. The zero-order valence-electron chi connectivity index (χ0n) is 11.7. The van der Waals surface area contributed by atoms with Crippen molar-refractivity contribution in [1.29, 1.82) is 0 Å². The van der Waals surface area contributed by atoms with Crippen LogP contribution in [0.2, 0.25) is 0 Å². The van der Waals surface area contributed by atoms with Crippen LogP contribution in [0.25, 0.3) is 10.8 Å². The highest BCUT2D eigenvalue weighted by Crippen LogP contribution is 2.32. The lowest BCUT2D eigenvalue weighted by molar-refractivity contribution is 0.0928. The van der Waals surface area contributed by atoms with E-state index in [0.717, 1.165) is 16.3 Å². The number of aliphatic hydroxyl groups excluding tert-OH is 1. The molecule has 1 unspecified atom stereocenters. The predicted molar refractivity (Wildman–Crippen MR) is 79.9 cm³/mol. The number of aromatic hydroxyl groups is 1. The first-order chi connectivity index (χ1) is 9.74. The average Bonchev–Trinajstić information content (AvgIpc) is 2.47. The summed E-state index contributed by atoms with van der Waals surface area (Å²) in [6, 6.07) is 11.8. The Hall–Kier alpha value is -1.62. The molecule has 0 aliphatic rings. The molecule has 2 aromatic rings. The number of rotatable bonds is 7. The molecule has 0 aliphatic heterocycles. The number of aliphatic hydroxyl groups is 1. The summed E-state index contributed by atoms with van der Waals surface area (Å²) in [5.41, 5.74) is 0.880. The van der Waals surface area contributed by atoms with E-state index in [1.807, 2.05) is 43.3 Å². The highest BCUT2D eigenvalue weighted by molar-refractivity contribution is 5.89. The van der Waals surface area contributed by atoms with Gasteiger partial charge >= 0.3 is 0 Å². The van der Waals surface area contributed by atoms with E-state index in [1.54, 1.807) is 0 Å². The van der Waals surface area contributed by atoms with Gasteiger partial charge in [0.25, 0.3) is 0 Å². The average molecular weight is 275 g/mol. The Bertz CT molecular complexity index is 556. The van der Waals surface area contributed by atoms with Crippen molar-refractivity contribution in [2.75, 3.05) is 26.4 Å². The van der Waals surface area contributed by atoms with Gasteiger partial charge in [-0.05, 0) is 12.3 Å². The van der Waals surface area contributed by atoms with Crippen LogP contribution in [0.5, 0.6) is 5.75 Å².